The molecule has 1 saturated carbocycles. The lowest BCUT2D eigenvalue weighted by Gasteiger charge is -2.40. The second-order valence-corrected chi connectivity index (χ2v) is 5.92. The van der Waals surface area contributed by atoms with Crippen LogP contribution >= 0.6 is 0 Å². The van der Waals surface area contributed by atoms with E-state index in [1.165, 1.54) is 36.2 Å². The first-order valence-corrected chi connectivity index (χ1v) is 7.37. The molecule has 0 unspecified atom stereocenters. The Hall–Kier alpha value is -1.35. The van der Waals surface area contributed by atoms with E-state index in [0.29, 0.717) is 0 Å². The zero-order valence-electron chi connectivity index (χ0n) is 11.9. The molecule has 1 aromatic heterocycles. The summed E-state index contributed by atoms with van der Waals surface area (Å²) in [7, 11) is 0. The van der Waals surface area contributed by atoms with Crippen LogP contribution in [0.3, 0.4) is 0 Å². The minimum absolute atomic E-state index is 0.141. The molecule has 2 N–H and O–H groups in total. The van der Waals surface area contributed by atoms with E-state index in [1.54, 1.807) is 0 Å². The van der Waals surface area contributed by atoms with Gasteiger partial charge < -0.3 is 10.3 Å². The van der Waals surface area contributed by atoms with Crippen molar-refractivity contribution in [2.45, 2.75) is 51.5 Å². The monoisotopic (exact) mass is 257 g/mol. The van der Waals surface area contributed by atoms with Crippen molar-refractivity contribution in [1.82, 2.24) is 9.55 Å². The van der Waals surface area contributed by atoms with E-state index in [-0.39, 0.29) is 5.41 Å². The Balaban J connectivity index is 2.19. The maximum atomic E-state index is 6.06. The fourth-order valence-corrected chi connectivity index (χ4v) is 3.22. The minimum Gasteiger partial charge on any atom is -0.329 e. The quantitative estimate of drug-likeness (QED) is 0.914. The third-order valence-corrected chi connectivity index (χ3v) is 4.53. The molecule has 0 amide bonds. The maximum Gasteiger partial charge on any atom is 0.117 e. The van der Waals surface area contributed by atoms with Crippen LogP contribution in [0.25, 0.3) is 11.0 Å². The number of imidazole rings is 1. The first-order chi connectivity index (χ1) is 9.20. The number of hydrogen-bond donors (Lipinski definition) is 1. The molecule has 0 radical (unpaired) electrons. The highest BCUT2D eigenvalue weighted by atomic mass is 15.1. The molecule has 1 fully saturated rings. The molecule has 1 aliphatic rings. The highest BCUT2D eigenvalue weighted by molar-refractivity contribution is 5.77. The van der Waals surface area contributed by atoms with Crippen LogP contribution in [0.2, 0.25) is 0 Å². The normalized spacial score (nSPS) is 17.6. The summed E-state index contributed by atoms with van der Waals surface area (Å²) < 4.78 is 2.40. The Morgan fingerprint density at radius 3 is 2.74 bits per heavy atom. The van der Waals surface area contributed by atoms with E-state index >= 15 is 0 Å². The van der Waals surface area contributed by atoms with Gasteiger partial charge in [-0.2, -0.15) is 0 Å². The molecule has 1 heterocycles. The van der Waals surface area contributed by atoms with E-state index in [2.05, 4.69) is 36.6 Å². The van der Waals surface area contributed by atoms with Crippen molar-refractivity contribution in [3.63, 3.8) is 0 Å². The van der Waals surface area contributed by atoms with Gasteiger partial charge in [-0.15, -0.1) is 0 Å². The average Bonchev–Trinajstić information content (AvgIpc) is 2.68. The minimum atomic E-state index is 0.141. The molecule has 19 heavy (non-hydrogen) atoms. The standard InChI is InChI=1S/C16H23N3/c1-3-9-19-14-6-5-12(2)10-13(14)18-15(19)16(11-17)7-4-8-16/h5-6,10H,3-4,7-9,11,17H2,1-2H3. The van der Waals surface area contributed by atoms with Crippen molar-refractivity contribution in [3.8, 4) is 0 Å². The lowest BCUT2D eigenvalue weighted by molar-refractivity contribution is 0.231. The van der Waals surface area contributed by atoms with E-state index in [1.807, 2.05) is 0 Å². The number of hydrogen-bond acceptors (Lipinski definition) is 2. The zero-order chi connectivity index (χ0) is 13.5. The largest absolute Gasteiger partial charge is 0.329 e. The number of rotatable bonds is 4. The predicted molar refractivity (Wildman–Crippen MR) is 79.3 cm³/mol. The molecule has 0 bridgehead atoms. The lowest BCUT2D eigenvalue weighted by Crippen LogP contribution is -2.43. The lowest BCUT2D eigenvalue weighted by atomic mass is 9.68. The van der Waals surface area contributed by atoms with Gasteiger partial charge in [0.15, 0.2) is 0 Å². The van der Waals surface area contributed by atoms with Gasteiger partial charge in [-0.25, -0.2) is 4.98 Å². The van der Waals surface area contributed by atoms with Crippen molar-refractivity contribution < 1.29 is 0 Å². The molecular weight excluding hydrogens is 234 g/mol. The molecular formula is C16H23N3. The highest BCUT2D eigenvalue weighted by Gasteiger charge is 2.41. The number of benzene rings is 1. The Morgan fingerprint density at radius 1 is 1.37 bits per heavy atom. The summed E-state index contributed by atoms with van der Waals surface area (Å²) in [4.78, 5) is 4.94. The zero-order valence-corrected chi connectivity index (χ0v) is 11.9. The average molecular weight is 257 g/mol. The van der Waals surface area contributed by atoms with Gasteiger partial charge in [-0.05, 0) is 43.9 Å². The molecule has 1 aromatic carbocycles. The Bertz CT molecular complexity index is 588. The summed E-state index contributed by atoms with van der Waals surface area (Å²) in [6, 6.07) is 6.57. The maximum absolute atomic E-state index is 6.06. The third-order valence-electron chi connectivity index (χ3n) is 4.53. The summed E-state index contributed by atoms with van der Waals surface area (Å²) in [6.45, 7) is 6.11. The van der Waals surface area contributed by atoms with E-state index in [4.69, 9.17) is 10.7 Å². The third kappa shape index (κ3) is 1.88. The number of aryl methyl sites for hydroxylation is 2. The van der Waals surface area contributed by atoms with Gasteiger partial charge >= 0.3 is 0 Å². The Labute approximate surface area is 114 Å². The Morgan fingerprint density at radius 2 is 2.16 bits per heavy atom. The first-order valence-electron chi connectivity index (χ1n) is 7.37. The van der Waals surface area contributed by atoms with Crippen LogP contribution in [0.5, 0.6) is 0 Å². The molecule has 3 nitrogen and oxygen atoms in total. The van der Waals surface area contributed by atoms with Crippen LogP contribution in [-0.2, 0) is 12.0 Å². The van der Waals surface area contributed by atoms with Crippen LogP contribution in [0.1, 0.15) is 44.0 Å². The van der Waals surface area contributed by atoms with Gasteiger partial charge in [-0.1, -0.05) is 19.4 Å². The fraction of sp³-hybridized carbons (Fsp3) is 0.562. The van der Waals surface area contributed by atoms with Crippen molar-refractivity contribution >= 4 is 11.0 Å². The van der Waals surface area contributed by atoms with Gasteiger partial charge in [0, 0.05) is 18.5 Å². The number of nitrogens with zero attached hydrogens (tertiary/aromatic N) is 2. The molecule has 0 saturated heterocycles. The predicted octanol–water partition coefficient (Wildman–Crippen LogP) is 3.14. The van der Waals surface area contributed by atoms with E-state index in [0.717, 1.165) is 25.0 Å². The molecule has 0 spiro atoms. The van der Waals surface area contributed by atoms with Crippen LogP contribution in [0.15, 0.2) is 18.2 Å². The summed E-state index contributed by atoms with van der Waals surface area (Å²) in [6.07, 6.45) is 4.80. The summed E-state index contributed by atoms with van der Waals surface area (Å²) >= 11 is 0. The molecule has 0 atom stereocenters. The fourth-order valence-electron chi connectivity index (χ4n) is 3.22. The van der Waals surface area contributed by atoms with Crippen molar-refractivity contribution in [2.24, 2.45) is 5.73 Å². The topological polar surface area (TPSA) is 43.8 Å². The molecule has 3 heteroatoms. The second kappa shape index (κ2) is 4.64. The number of fused-ring (bicyclic) bond motifs is 1. The van der Waals surface area contributed by atoms with Crippen LogP contribution < -0.4 is 5.73 Å². The smallest absolute Gasteiger partial charge is 0.117 e. The van der Waals surface area contributed by atoms with E-state index < -0.39 is 0 Å². The van der Waals surface area contributed by atoms with Crippen LogP contribution in [-0.4, -0.2) is 16.1 Å². The first kappa shape index (κ1) is 12.7. The van der Waals surface area contributed by atoms with Gasteiger partial charge in [-0.3, -0.25) is 0 Å². The number of aromatic nitrogens is 2. The van der Waals surface area contributed by atoms with Crippen molar-refractivity contribution in [2.75, 3.05) is 6.54 Å². The summed E-state index contributed by atoms with van der Waals surface area (Å²) in [5.41, 5.74) is 9.87. The van der Waals surface area contributed by atoms with Gasteiger partial charge in [0.2, 0.25) is 0 Å². The molecule has 3 rings (SSSR count). The van der Waals surface area contributed by atoms with Gasteiger partial charge in [0.05, 0.1) is 11.0 Å². The summed E-state index contributed by atoms with van der Waals surface area (Å²) in [5, 5.41) is 0. The molecule has 0 aliphatic heterocycles. The van der Waals surface area contributed by atoms with E-state index in [9.17, 15) is 0 Å². The van der Waals surface area contributed by atoms with Gasteiger partial charge in [0.25, 0.3) is 0 Å². The molecule has 2 aromatic rings. The number of nitrogens with two attached hydrogens (primary N) is 1. The van der Waals surface area contributed by atoms with Crippen molar-refractivity contribution in [3.05, 3.63) is 29.6 Å². The Kier molecular flexibility index (Phi) is 3.09. The molecule has 1 aliphatic carbocycles. The van der Waals surface area contributed by atoms with Crippen LogP contribution in [0, 0.1) is 6.92 Å². The highest BCUT2D eigenvalue weighted by Crippen LogP contribution is 2.43. The SMILES string of the molecule is CCCn1c(C2(CN)CCC2)nc2cc(C)ccc21. The second-order valence-electron chi connectivity index (χ2n) is 5.92. The van der Waals surface area contributed by atoms with Crippen molar-refractivity contribution in [1.29, 1.82) is 0 Å². The van der Waals surface area contributed by atoms with Crippen LogP contribution in [0.4, 0.5) is 0 Å². The summed E-state index contributed by atoms with van der Waals surface area (Å²) in [5.74, 6) is 1.23. The molecule has 102 valence electrons. The van der Waals surface area contributed by atoms with Gasteiger partial charge in [0.1, 0.15) is 5.82 Å².